The van der Waals surface area contributed by atoms with E-state index in [-0.39, 0.29) is 18.9 Å². The molecule has 0 spiro atoms. The summed E-state index contributed by atoms with van der Waals surface area (Å²) in [5.74, 6) is -0.277. The number of hydrogen-bond acceptors (Lipinski definition) is 8. The van der Waals surface area contributed by atoms with Gasteiger partial charge in [-0.2, -0.15) is 0 Å². The second-order valence-electron chi connectivity index (χ2n) is 7.97. The molecule has 0 aliphatic carbocycles. The summed E-state index contributed by atoms with van der Waals surface area (Å²) >= 11 is 1.40. The molecule has 3 rings (SSSR count). The van der Waals surface area contributed by atoms with Crippen LogP contribution in [0.5, 0.6) is 0 Å². The Morgan fingerprint density at radius 1 is 1.00 bits per heavy atom. The van der Waals surface area contributed by atoms with Gasteiger partial charge < -0.3 is 25.2 Å². The molecule has 1 fully saturated rings. The minimum atomic E-state index is -1.32. The molecule has 1 saturated heterocycles. The summed E-state index contributed by atoms with van der Waals surface area (Å²) in [7, 11) is 0. The van der Waals surface area contributed by atoms with Crippen molar-refractivity contribution in [2.24, 2.45) is 0 Å². The van der Waals surface area contributed by atoms with Gasteiger partial charge >= 0.3 is 0 Å². The van der Waals surface area contributed by atoms with Crippen LogP contribution in [0.2, 0.25) is 0 Å². The van der Waals surface area contributed by atoms with E-state index in [1.807, 2.05) is 10.3 Å². The van der Waals surface area contributed by atoms with Gasteiger partial charge in [0.25, 0.3) is 0 Å². The van der Waals surface area contributed by atoms with Crippen molar-refractivity contribution in [2.75, 3.05) is 26.2 Å². The molecule has 0 bridgehead atoms. The molecule has 4 atom stereocenters. The van der Waals surface area contributed by atoms with Gasteiger partial charge in [-0.15, -0.1) is 11.3 Å². The number of thiazole rings is 1. The van der Waals surface area contributed by atoms with Gasteiger partial charge in [-0.3, -0.25) is 4.90 Å². The Morgan fingerprint density at radius 3 is 2.39 bits per heavy atom. The van der Waals surface area contributed by atoms with Crippen LogP contribution in [0, 0.1) is 5.82 Å². The third kappa shape index (κ3) is 7.01. The van der Waals surface area contributed by atoms with Crippen molar-refractivity contribution < 1.29 is 29.6 Å². The van der Waals surface area contributed by atoms with Crippen LogP contribution in [0.3, 0.4) is 0 Å². The SMILES string of the molecule is O[C@H]1[C@H](O)[C@@H](O)CN(CCCCCCOCc2csc(-c3ccccc3F)n2)C[C@@H]1O. The van der Waals surface area contributed by atoms with E-state index < -0.39 is 24.4 Å². The van der Waals surface area contributed by atoms with Crippen LogP contribution in [0.1, 0.15) is 31.4 Å². The first kappa shape index (κ1) is 24.2. The van der Waals surface area contributed by atoms with E-state index in [1.54, 1.807) is 18.2 Å². The zero-order valence-electron chi connectivity index (χ0n) is 17.4. The molecule has 2 aromatic rings. The van der Waals surface area contributed by atoms with E-state index in [0.717, 1.165) is 31.4 Å². The van der Waals surface area contributed by atoms with E-state index in [2.05, 4.69) is 4.98 Å². The van der Waals surface area contributed by atoms with Crippen LogP contribution in [-0.4, -0.2) is 81.0 Å². The van der Waals surface area contributed by atoms with Gasteiger partial charge in [0.05, 0.1) is 24.5 Å². The summed E-state index contributed by atoms with van der Waals surface area (Å²) in [6, 6.07) is 6.60. The molecule has 2 heterocycles. The van der Waals surface area contributed by atoms with Crippen molar-refractivity contribution >= 4 is 11.3 Å². The number of ether oxygens (including phenoxy) is 1. The quantitative estimate of drug-likeness (QED) is 0.406. The lowest BCUT2D eigenvalue weighted by Gasteiger charge is -2.23. The Balaban J connectivity index is 1.27. The molecule has 0 radical (unpaired) electrons. The molecule has 1 aliphatic heterocycles. The van der Waals surface area contributed by atoms with Crippen LogP contribution >= 0.6 is 11.3 Å². The second kappa shape index (κ2) is 12.0. The molecular formula is C22H31FN2O5S. The van der Waals surface area contributed by atoms with E-state index in [9.17, 15) is 24.8 Å². The van der Waals surface area contributed by atoms with E-state index in [0.29, 0.717) is 30.3 Å². The van der Waals surface area contributed by atoms with Crippen LogP contribution in [0.25, 0.3) is 10.6 Å². The minimum Gasteiger partial charge on any atom is -0.389 e. The predicted molar refractivity (Wildman–Crippen MR) is 116 cm³/mol. The van der Waals surface area contributed by atoms with Gasteiger partial charge in [0, 0.05) is 30.6 Å². The lowest BCUT2D eigenvalue weighted by Crippen LogP contribution is -2.43. The number of halogens is 1. The summed E-state index contributed by atoms with van der Waals surface area (Å²) < 4.78 is 19.5. The second-order valence-corrected chi connectivity index (χ2v) is 8.82. The van der Waals surface area contributed by atoms with Gasteiger partial charge in [-0.25, -0.2) is 9.37 Å². The molecule has 0 amide bonds. The first-order valence-electron chi connectivity index (χ1n) is 10.7. The van der Waals surface area contributed by atoms with Crippen LogP contribution in [0.15, 0.2) is 29.6 Å². The van der Waals surface area contributed by atoms with Crippen molar-refractivity contribution in [1.82, 2.24) is 9.88 Å². The number of hydrogen-bond donors (Lipinski definition) is 4. The van der Waals surface area contributed by atoms with Gasteiger partial charge in [-0.1, -0.05) is 25.0 Å². The Morgan fingerprint density at radius 2 is 1.68 bits per heavy atom. The molecule has 172 valence electrons. The third-order valence-electron chi connectivity index (χ3n) is 5.45. The maximum atomic E-state index is 13.8. The molecule has 4 N–H and O–H groups in total. The number of nitrogens with zero attached hydrogens (tertiary/aromatic N) is 2. The van der Waals surface area contributed by atoms with Crippen molar-refractivity contribution in [3.8, 4) is 10.6 Å². The molecule has 1 aromatic heterocycles. The average Bonchev–Trinajstić information content (AvgIpc) is 3.19. The molecule has 31 heavy (non-hydrogen) atoms. The smallest absolute Gasteiger partial charge is 0.133 e. The summed E-state index contributed by atoms with van der Waals surface area (Å²) in [6.45, 7) is 2.18. The zero-order chi connectivity index (χ0) is 22.2. The Kier molecular flexibility index (Phi) is 9.33. The number of likely N-dealkylation sites (tertiary alicyclic amines) is 1. The van der Waals surface area contributed by atoms with E-state index >= 15 is 0 Å². The van der Waals surface area contributed by atoms with Crippen molar-refractivity contribution in [3.63, 3.8) is 0 Å². The Hall–Kier alpha value is -1.46. The number of aliphatic hydroxyl groups is 4. The fourth-order valence-corrected chi connectivity index (χ4v) is 4.49. The number of unbranched alkanes of at least 4 members (excludes halogenated alkanes) is 3. The highest BCUT2D eigenvalue weighted by Crippen LogP contribution is 2.26. The summed E-state index contributed by atoms with van der Waals surface area (Å²) in [4.78, 5) is 6.32. The number of rotatable bonds is 10. The van der Waals surface area contributed by atoms with Crippen LogP contribution in [0.4, 0.5) is 4.39 Å². The first-order valence-corrected chi connectivity index (χ1v) is 11.6. The Bertz CT molecular complexity index is 792. The Labute approximate surface area is 185 Å². The van der Waals surface area contributed by atoms with E-state index in [1.165, 1.54) is 17.4 Å². The standard InChI is InChI=1S/C22H31FN2O5S/c23-17-8-4-3-7-16(17)22-24-15(14-31-22)13-30-10-6-2-1-5-9-25-11-18(26)20(28)21(29)19(27)12-25/h3-4,7-8,14,18-21,26-29H,1-2,5-6,9-13H2/t18-,19-,20+,21+/m0/s1. The fourth-order valence-electron chi connectivity index (χ4n) is 3.66. The van der Waals surface area contributed by atoms with Gasteiger partial charge in [-0.05, 0) is 31.5 Å². The van der Waals surface area contributed by atoms with Crippen molar-refractivity contribution in [1.29, 1.82) is 0 Å². The maximum absolute atomic E-state index is 13.8. The molecule has 0 saturated carbocycles. The van der Waals surface area contributed by atoms with Crippen molar-refractivity contribution in [2.45, 2.75) is 56.7 Å². The predicted octanol–water partition coefficient (Wildman–Crippen LogP) is 1.79. The molecule has 1 aromatic carbocycles. The number of β-amino-alcohol motifs (C(OH)–C–C–N with tert-alkyl or cyclic N) is 2. The minimum absolute atomic E-state index is 0.237. The largest absolute Gasteiger partial charge is 0.389 e. The highest BCUT2D eigenvalue weighted by molar-refractivity contribution is 7.13. The molecule has 9 heteroatoms. The summed E-state index contributed by atoms with van der Waals surface area (Å²) in [5, 5.41) is 41.8. The van der Waals surface area contributed by atoms with E-state index in [4.69, 9.17) is 4.74 Å². The highest BCUT2D eigenvalue weighted by atomic mass is 32.1. The third-order valence-corrected chi connectivity index (χ3v) is 6.37. The molecule has 0 unspecified atom stereocenters. The lowest BCUT2D eigenvalue weighted by atomic mass is 10.1. The number of aliphatic hydroxyl groups excluding tert-OH is 4. The lowest BCUT2D eigenvalue weighted by molar-refractivity contribution is -0.0894. The molecular weight excluding hydrogens is 423 g/mol. The highest BCUT2D eigenvalue weighted by Gasteiger charge is 2.35. The summed E-state index contributed by atoms with van der Waals surface area (Å²) in [5.41, 5.74) is 1.30. The van der Waals surface area contributed by atoms with Crippen LogP contribution in [-0.2, 0) is 11.3 Å². The number of aromatic nitrogens is 1. The van der Waals surface area contributed by atoms with Gasteiger partial charge in [0.1, 0.15) is 23.0 Å². The molecule has 7 nitrogen and oxygen atoms in total. The maximum Gasteiger partial charge on any atom is 0.133 e. The zero-order valence-corrected chi connectivity index (χ0v) is 18.3. The van der Waals surface area contributed by atoms with Crippen LogP contribution < -0.4 is 0 Å². The van der Waals surface area contributed by atoms with Crippen molar-refractivity contribution in [3.05, 3.63) is 41.2 Å². The number of benzene rings is 1. The van der Waals surface area contributed by atoms with Gasteiger partial charge in [0.15, 0.2) is 0 Å². The topological polar surface area (TPSA) is 106 Å². The normalized spacial score (nSPS) is 24.9. The summed E-state index contributed by atoms with van der Waals surface area (Å²) in [6.07, 6.45) is -1.00. The molecule has 1 aliphatic rings. The fraction of sp³-hybridized carbons (Fsp3) is 0.591. The van der Waals surface area contributed by atoms with Gasteiger partial charge in [0.2, 0.25) is 0 Å². The average molecular weight is 455 g/mol. The monoisotopic (exact) mass is 454 g/mol. The first-order chi connectivity index (χ1) is 15.0.